The summed E-state index contributed by atoms with van der Waals surface area (Å²) < 4.78 is 6.34. The molecule has 1 nitrogen and oxygen atoms in total. The molecular weight excluding hydrogens is 316 g/mol. The summed E-state index contributed by atoms with van der Waals surface area (Å²) in [5, 5.41) is 0. The Morgan fingerprint density at radius 1 is 0.895 bits per heavy atom. The molecule has 3 heteroatoms. The maximum absolute atomic E-state index is 6.34. The van der Waals surface area contributed by atoms with Gasteiger partial charge >= 0.3 is 6.94 Å². The Bertz CT molecular complexity index is 331. The third-order valence-corrected chi connectivity index (χ3v) is 9.02. The van der Waals surface area contributed by atoms with E-state index in [1.54, 1.807) is 0 Å². The van der Waals surface area contributed by atoms with Crippen LogP contribution in [0.2, 0.25) is 12.1 Å². The van der Waals surface area contributed by atoms with E-state index in [0.29, 0.717) is 0 Å². The molecule has 0 heterocycles. The summed E-state index contributed by atoms with van der Waals surface area (Å²) in [6, 6.07) is 12.7. The van der Waals surface area contributed by atoms with Crippen molar-refractivity contribution in [1.29, 1.82) is 0 Å². The summed E-state index contributed by atoms with van der Waals surface area (Å²) in [5.74, 6) is 1.03. The monoisotopic (exact) mass is 342 g/mol. The van der Waals surface area contributed by atoms with E-state index in [1.807, 2.05) is 18.2 Å². The third-order valence-electron chi connectivity index (χ3n) is 3.35. The lowest BCUT2D eigenvalue weighted by molar-refractivity contribution is 0.543. The van der Waals surface area contributed by atoms with E-state index in [-0.39, 0.29) is 0 Å². The summed E-state index contributed by atoms with van der Waals surface area (Å²) in [6.07, 6.45) is 7.77. The molecule has 19 heavy (non-hydrogen) atoms. The molecule has 108 valence electrons. The minimum atomic E-state index is -1.75. The zero-order chi connectivity index (χ0) is 14.0. The van der Waals surface area contributed by atoms with E-state index in [1.165, 1.54) is 50.6 Å². The Morgan fingerprint density at radius 2 is 1.53 bits per heavy atom. The molecule has 0 fully saturated rings. The summed E-state index contributed by atoms with van der Waals surface area (Å²) >= 11 is 3.99. The van der Waals surface area contributed by atoms with Gasteiger partial charge in [-0.05, 0) is 24.2 Å². The molecule has 0 amide bonds. The molecule has 0 aliphatic heterocycles. The lowest BCUT2D eigenvalue weighted by atomic mass is 10.2. The Morgan fingerprint density at radius 3 is 2.16 bits per heavy atom. The number of hydrogen-bond acceptors (Lipinski definition) is 1. The number of halogens is 1. The fourth-order valence-electron chi connectivity index (χ4n) is 2.18. The number of benzene rings is 1. The molecule has 1 aromatic rings. The highest BCUT2D eigenvalue weighted by Crippen LogP contribution is 2.31. The second-order valence-corrected chi connectivity index (χ2v) is 12.5. The molecule has 0 saturated heterocycles. The molecule has 1 aromatic carbocycles. The zero-order valence-electron chi connectivity index (χ0n) is 12.3. The van der Waals surface area contributed by atoms with E-state index >= 15 is 0 Å². The highest BCUT2D eigenvalue weighted by Gasteiger charge is 2.32. The first-order chi connectivity index (χ1) is 9.20. The van der Waals surface area contributed by atoms with Crippen molar-refractivity contribution in [3.05, 3.63) is 30.3 Å². The van der Waals surface area contributed by atoms with Crippen molar-refractivity contribution in [1.82, 2.24) is 0 Å². The fourth-order valence-corrected chi connectivity index (χ4v) is 7.10. The van der Waals surface area contributed by atoms with Gasteiger partial charge in [0.05, 0.1) is 0 Å². The number of para-hydroxylation sites is 1. The first-order valence-corrected chi connectivity index (χ1v) is 12.2. The molecular formula is C16H27BrOSi. The smallest absolute Gasteiger partial charge is 0.321 e. The molecule has 0 N–H and O–H groups in total. The molecule has 1 unspecified atom stereocenters. The fraction of sp³-hybridized carbons (Fsp3) is 0.625. The molecule has 0 aliphatic carbocycles. The van der Waals surface area contributed by atoms with Gasteiger partial charge in [0.1, 0.15) is 5.75 Å². The van der Waals surface area contributed by atoms with Crippen molar-refractivity contribution in [3.63, 3.8) is 0 Å². The minimum Gasteiger partial charge on any atom is -0.533 e. The zero-order valence-corrected chi connectivity index (χ0v) is 14.9. The molecule has 0 aliphatic rings. The maximum Gasteiger partial charge on any atom is 0.321 e. The van der Waals surface area contributed by atoms with E-state index in [9.17, 15) is 0 Å². The van der Waals surface area contributed by atoms with Gasteiger partial charge < -0.3 is 4.43 Å². The van der Waals surface area contributed by atoms with Crippen LogP contribution in [0.5, 0.6) is 5.75 Å². The third kappa shape index (κ3) is 7.16. The van der Waals surface area contributed by atoms with Gasteiger partial charge in [0.2, 0.25) is 0 Å². The van der Waals surface area contributed by atoms with Crippen LogP contribution < -0.4 is 4.43 Å². The normalized spacial score (nSPS) is 14.1. The number of rotatable bonds is 10. The Hall–Kier alpha value is -0.283. The summed E-state index contributed by atoms with van der Waals surface area (Å²) in [4.78, 5) is 0. The lowest BCUT2D eigenvalue weighted by Gasteiger charge is -2.26. The van der Waals surface area contributed by atoms with Crippen LogP contribution in [0.1, 0.15) is 52.4 Å². The van der Waals surface area contributed by atoms with Gasteiger partial charge in [0.15, 0.2) is 0 Å². The van der Waals surface area contributed by atoms with Gasteiger partial charge in [-0.2, -0.15) is 0 Å². The quantitative estimate of drug-likeness (QED) is 0.276. The molecule has 1 atom stereocenters. The van der Waals surface area contributed by atoms with Gasteiger partial charge in [-0.1, -0.05) is 85.9 Å². The van der Waals surface area contributed by atoms with Crippen molar-refractivity contribution in [2.75, 3.05) is 0 Å². The van der Waals surface area contributed by atoms with Gasteiger partial charge in [0, 0.05) is 0 Å². The summed E-state index contributed by atoms with van der Waals surface area (Å²) in [6.45, 7) is 2.76. The molecule has 1 rings (SSSR count). The highest BCUT2D eigenvalue weighted by molar-refractivity contribution is 9.25. The van der Waals surface area contributed by atoms with Crippen molar-refractivity contribution in [2.24, 2.45) is 0 Å². The van der Waals surface area contributed by atoms with Crippen LogP contribution in [-0.4, -0.2) is 6.94 Å². The predicted octanol–water partition coefficient (Wildman–Crippen LogP) is 6.28. The first kappa shape index (κ1) is 16.8. The summed E-state index contributed by atoms with van der Waals surface area (Å²) in [5.41, 5.74) is 0. The van der Waals surface area contributed by atoms with Crippen molar-refractivity contribution in [3.8, 4) is 5.75 Å². The standard InChI is InChI=1S/C16H27BrOSi/c1-3-5-7-11-15-19(17,14-6-4-2)18-16-12-9-8-10-13-16/h8-10,12-13H,3-7,11,14-15H2,1-2H3. The number of hydrogen-bond donors (Lipinski definition) is 0. The van der Waals surface area contributed by atoms with E-state index in [2.05, 4.69) is 41.3 Å². The SMILES string of the molecule is CCCCCC[Si](Br)(CCCC)Oc1ccccc1. The van der Waals surface area contributed by atoms with Crippen LogP contribution in [0, 0.1) is 0 Å². The Balaban J connectivity index is 2.53. The minimum absolute atomic E-state index is 1.03. The van der Waals surface area contributed by atoms with Crippen molar-refractivity contribution < 1.29 is 4.43 Å². The van der Waals surface area contributed by atoms with Gasteiger partial charge in [-0.25, -0.2) is 0 Å². The average Bonchev–Trinajstić information content (AvgIpc) is 2.43. The maximum atomic E-state index is 6.34. The predicted molar refractivity (Wildman–Crippen MR) is 90.4 cm³/mol. The van der Waals surface area contributed by atoms with Gasteiger partial charge in [0.25, 0.3) is 0 Å². The topological polar surface area (TPSA) is 9.23 Å². The lowest BCUT2D eigenvalue weighted by Crippen LogP contribution is -2.34. The van der Waals surface area contributed by atoms with Gasteiger partial charge in [-0.15, -0.1) is 0 Å². The largest absolute Gasteiger partial charge is 0.533 e. The van der Waals surface area contributed by atoms with Crippen molar-refractivity contribution >= 4 is 22.2 Å². The number of unbranched alkanes of at least 4 members (excludes halogenated alkanes) is 4. The Labute approximate surface area is 127 Å². The van der Waals surface area contributed by atoms with Crippen molar-refractivity contribution in [2.45, 2.75) is 64.5 Å². The molecule has 0 bridgehead atoms. The molecule has 0 aromatic heterocycles. The molecule has 0 spiro atoms. The average molecular weight is 343 g/mol. The van der Waals surface area contributed by atoms with Crippen LogP contribution in [0.15, 0.2) is 30.3 Å². The van der Waals surface area contributed by atoms with Crippen LogP contribution >= 0.6 is 15.3 Å². The van der Waals surface area contributed by atoms with Crippen LogP contribution in [-0.2, 0) is 0 Å². The van der Waals surface area contributed by atoms with Crippen LogP contribution in [0.25, 0.3) is 0 Å². The van der Waals surface area contributed by atoms with E-state index in [0.717, 1.165) is 5.75 Å². The van der Waals surface area contributed by atoms with E-state index < -0.39 is 6.94 Å². The molecule has 0 saturated carbocycles. The second kappa shape index (κ2) is 9.59. The highest BCUT2D eigenvalue weighted by atomic mass is 79.9. The Kier molecular flexibility index (Phi) is 8.47. The summed E-state index contributed by atoms with van der Waals surface area (Å²) in [7, 11) is 0. The van der Waals surface area contributed by atoms with Crippen LogP contribution in [0.4, 0.5) is 0 Å². The van der Waals surface area contributed by atoms with E-state index in [4.69, 9.17) is 4.43 Å². The van der Waals surface area contributed by atoms with Crippen LogP contribution in [0.3, 0.4) is 0 Å². The molecule has 0 radical (unpaired) electrons. The first-order valence-electron chi connectivity index (χ1n) is 7.63. The van der Waals surface area contributed by atoms with Gasteiger partial charge in [-0.3, -0.25) is 0 Å². The second-order valence-electron chi connectivity index (χ2n) is 5.21.